The predicted octanol–water partition coefficient (Wildman–Crippen LogP) is 1.44. The average molecular weight is 274 g/mol. The average Bonchev–Trinajstić information content (AvgIpc) is 2.40. The minimum atomic E-state index is -1.18. The number of carboxylic acids is 1. The summed E-state index contributed by atoms with van der Waals surface area (Å²) in [4.78, 5) is 26.2. The fourth-order valence-electron chi connectivity index (χ4n) is 1.52. The molecule has 2 aromatic rings. The number of anilines is 1. The second-order valence-corrected chi connectivity index (χ2v) is 3.92. The van der Waals surface area contributed by atoms with E-state index in [1.807, 2.05) is 0 Å². The summed E-state index contributed by atoms with van der Waals surface area (Å²) in [5.41, 5.74) is 0.0644. The first-order valence-corrected chi connectivity index (χ1v) is 5.49. The Balaban J connectivity index is 2.22. The molecule has 1 aromatic heterocycles. The van der Waals surface area contributed by atoms with Gasteiger partial charge in [-0.15, -0.1) is 0 Å². The molecule has 0 atom stereocenters. The Bertz CT molecular complexity index is 684. The molecule has 0 fully saturated rings. The highest BCUT2D eigenvalue weighted by Gasteiger charge is 2.12. The molecule has 0 bridgehead atoms. The Morgan fingerprint density at radius 3 is 2.40 bits per heavy atom. The van der Waals surface area contributed by atoms with Crippen molar-refractivity contribution in [2.45, 2.75) is 0 Å². The quantitative estimate of drug-likeness (QED) is 0.629. The van der Waals surface area contributed by atoms with Gasteiger partial charge in [0.1, 0.15) is 11.5 Å². The second-order valence-electron chi connectivity index (χ2n) is 3.92. The number of aromatic hydroxyl groups is 2. The minimum Gasteiger partial charge on any atom is -0.506 e. The van der Waals surface area contributed by atoms with E-state index in [4.69, 9.17) is 5.11 Å². The highest BCUT2D eigenvalue weighted by molar-refractivity contribution is 6.05. The highest BCUT2D eigenvalue weighted by Crippen LogP contribution is 2.25. The SMILES string of the molecule is O=C(O)c1ccc(NC(=O)c2cncc(O)c2)c(O)c1. The number of pyridine rings is 1. The van der Waals surface area contributed by atoms with Gasteiger partial charge in [-0.1, -0.05) is 0 Å². The number of phenolic OH excluding ortho intramolecular Hbond substituents is 1. The lowest BCUT2D eigenvalue weighted by molar-refractivity contribution is 0.0696. The van der Waals surface area contributed by atoms with Crippen molar-refractivity contribution in [2.75, 3.05) is 5.32 Å². The zero-order valence-electron chi connectivity index (χ0n) is 10.1. The predicted molar refractivity (Wildman–Crippen MR) is 68.9 cm³/mol. The summed E-state index contributed by atoms with van der Waals surface area (Å²) in [6.45, 7) is 0. The molecule has 0 spiro atoms. The molecule has 0 aliphatic heterocycles. The molecule has 4 N–H and O–H groups in total. The third-order valence-electron chi connectivity index (χ3n) is 2.48. The Kier molecular flexibility index (Phi) is 3.52. The molecule has 0 aliphatic carbocycles. The standard InChI is InChI=1S/C13H10N2O5/c16-9-3-8(5-14-6-9)12(18)15-10-2-1-7(13(19)20)4-11(10)17/h1-6,16-17H,(H,15,18)(H,19,20). The number of hydrogen-bond acceptors (Lipinski definition) is 5. The molecule has 0 unspecified atom stereocenters. The van der Waals surface area contributed by atoms with Crippen LogP contribution in [-0.2, 0) is 0 Å². The van der Waals surface area contributed by atoms with Crippen LogP contribution in [0, 0.1) is 0 Å². The molecule has 0 radical (unpaired) electrons. The van der Waals surface area contributed by atoms with Gasteiger partial charge < -0.3 is 20.6 Å². The van der Waals surface area contributed by atoms with Crippen LogP contribution in [0.25, 0.3) is 0 Å². The van der Waals surface area contributed by atoms with Crippen molar-refractivity contribution >= 4 is 17.6 Å². The maximum atomic E-state index is 11.8. The number of aromatic nitrogens is 1. The topological polar surface area (TPSA) is 120 Å². The van der Waals surface area contributed by atoms with Crippen molar-refractivity contribution < 1.29 is 24.9 Å². The smallest absolute Gasteiger partial charge is 0.335 e. The molecule has 0 aliphatic rings. The molecule has 7 nitrogen and oxygen atoms in total. The van der Waals surface area contributed by atoms with Crippen LogP contribution in [0.15, 0.2) is 36.7 Å². The zero-order chi connectivity index (χ0) is 14.7. The third-order valence-corrected chi connectivity index (χ3v) is 2.48. The lowest BCUT2D eigenvalue weighted by Crippen LogP contribution is -2.12. The van der Waals surface area contributed by atoms with Gasteiger partial charge in [-0.2, -0.15) is 0 Å². The van der Waals surface area contributed by atoms with Crippen molar-refractivity contribution in [3.8, 4) is 11.5 Å². The molecule has 102 valence electrons. The van der Waals surface area contributed by atoms with Gasteiger partial charge in [0, 0.05) is 6.20 Å². The van der Waals surface area contributed by atoms with E-state index in [1.54, 1.807) is 0 Å². The summed E-state index contributed by atoms with van der Waals surface area (Å²) in [5, 5.41) is 30.0. The van der Waals surface area contributed by atoms with E-state index < -0.39 is 11.9 Å². The first-order valence-electron chi connectivity index (χ1n) is 5.49. The van der Waals surface area contributed by atoms with E-state index >= 15 is 0 Å². The van der Waals surface area contributed by atoms with Crippen LogP contribution >= 0.6 is 0 Å². The highest BCUT2D eigenvalue weighted by atomic mass is 16.4. The van der Waals surface area contributed by atoms with Crippen LogP contribution in [0.5, 0.6) is 11.5 Å². The Morgan fingerprint density at radius 2 is 1.80 bits per heavy atom. The summed E-state index contributed by atoms with van der Waals surface area (Å²) in [6.07, 6.45) is 2.42. The summed E-state index contributed by atoms with van der Waals surface area (Å²) in [5.74, 6) is -2.31. The number of amides is 1. The number of carboxylic acid groups (broad SMARTS) is 1. The normalized spacial score (nSPS) is 10.0. The number of aromatic carboxylic acids is 1. The third kappa shape index (κ3) is 2.83. The molecule has 2 rings (SSSR count). The number of benzene rings is 1. The van der Waals surface area contributed by atoms with Gasteiger partial charge in [0.2, 0.25) is 0 Å². The van der Waals surface area contributed by atoms with Crippen molar-refractivity contribution in [1.82, 2.24) is 4.98 Å². The fraction of sp³-hybridized carbons (Fsp3) is 0. The number of rotatable bonds is 3. The number of hydrogen-bond donors (Lipinski definition) is 4. The van der Waals surface area contributed by atoms with Gasteiger partial charge in [0.25, 0.3) is 5.91 Å². The fourth-order valence-corrected chi connectivity index (χ4v) is 1.52. The van der Waals surface area contributed by atoms with E-state index in [0.29, 0.717) is 0 Å². The molecular weight excluding hydrogens is 264 g/mol. The van der Waals surface area contributed by atoms with E-state index in [0.717, 1.165) is 6.07 Å². The molecule has 0 saturated heterocycles. The largest absolute Gasteiger partial charge is 0.506 e. The summed E-state index contributed by atoms with van der Waals surface area (Å²) in [7, 11) is 0. The van der Waals surface area contributed by atoms with Crippen LogP contribution in [0.4, 0.5) is 5.69 Å². The van der Waals surface area contributed by atoms with Gasteiger partial charge in [-0.3, -0.25) is 9.78 Å². The van der Waals surface area contributed by atoms with Crippen LogP contribution in [0.2, 0.25) is 0 Å². The Labute approximate surface area is 113 Å². The second kappa shape index (κ2) is 5.27. The molecule has 1 amide bonds. The van der Waals surface area contributed by atoms with Crippen molar-refractivity contribution in [2.24, 2.45) is 0 Å². The van der Waals surface area contributed by atoms with Crippen molar-refractivity contribution in [3.63, 3.8) is 0 Å². The summed E-state index contributed by atoms with van der Waals surface area (Å²) < 4.78 is 0. The minimum absolute atomic E-state index is 0.0587. The summed E-state index contributed by atoms with van der Waals surface area (Å²) in [6, 6.07) is 4.76. The van der Waals surface area contributed by atoms with E-state index in [2.05, 4.69) is 10.3 Å². The maximum absolute atomic E-state index is 11.8. The van der Waals surface area contributed by atoms with Crippen LogP contribution in [0.1, 0.15) is 20.7 Å². The van der Waals surface area contributed by atoms with Gasteiger partial charge in [0.05, 0.1) is 23.0 Å². The monoisotopic (exact) mass is 274 g/mol. The van der Waals surface area contributed by atoms with Crippen molar-refractivity contribution in [1.29, 1.82) is 0 Å². The molecule has 20 heavy (non-hydrogen) atoms. The maximum Gasteiger partial charge on any atom is 0.335 e. The number of phenols is 1. The number of carbonyl (C=O) groups excluding carboxylic acids is 1. The molecule has 0 saturated carbocycles. The molecular formula is C13H10N2O5. The van der Waals surface area contributed by atoms with E-state index in [-0.39, 0.29) is 28.3 Å². The van der Waals surface area contributed by atoms with Crippen LogP contribution in [0.3, 0.4) is 0 Å². The number of nitrogens with zero attached hydrogens (tertiary/aromatic N) is 1. The number of carbonyl (C=O) groups is 2. The van der Waals surface area contributed by atoms with Gasteiger partial charge in [-0.05, 0) is 24.3 Å². The zero-order valence-corrected chi connectivity index (χ0v) is 10.1. The summed E-state index contributed by atoms with van der Waals surface area (Å²) >= 11 is 0. The van der Waals surface area contributed by atoms with Gasteiger partial charge >= 0.3 is 5.97 Å². The molecule has 1 aromatic carbocycles. The van der Waals surface area contributed by atoms with Crippen LogP contribution < -0.4 is 5.32 Å². The van der Waals surface area contributed by atoms with Crippen LogP contribution in [-0.4, -0.2) is 32.2 Å². The first-order chi connectivity index (χ1) is 9.47. The Hall–Kier alpha value is -3.09. The Morgan fingerprint density at radius 1 is 1.05 bits per heavy atom. The van der Waals surface area contributed by atoms with Gasteiger partial charge in [0.15, 0.2) is 0 Å². The molecule has 7 heteroatoms. The van der Waals surface area contributed by atoms with E-state index in [1.165, 1.54) is 30.6 Å². The van der Waals surface area contributed by atoms with E-state index in [9.17, 15) is 19.8 Å². The number of nitrogens with one attached hydrogen (secondary N) is 1. The van der Waals surface area contributed by atoms with Crippen molar-refractivity contribution in [3.05, 3.63) is 47.8 Å². The molecule has 1 heterocycles. The lowest BCUT2D eigenvalue weighted by atomic mass is 10.2. The first kappa shape index (κ1) is 13.3. The lowest BCUT2D eigenvalue weighted by Gasteiger charge is -2.08. The van der Waals surface area contributed by atoms with Gasteiger partial charge in [-0.25, -0.2) is 4.79 Å².